The van der Waals surface area contributed by atoms with Gasteiger partial charge in [-0.3, -0.25) is 9.59 Å². The molecule has 1 unspecified atom stereocenters. The number of rotatable bonds is 8. The van der Waals surface area contributed by atoms with Gasteiger partial charge >= 0.3 is 0 Å². The zero-order valence-corrected chi connectivity index (χ0v) is 21.3. The highest BCUT2D eigenvalue weighted by molar-refractivity contribution is 5.91. The second-order valence-electron chi connectivity index (χ2n) is 10.4. The molecule has 2 amide bonds. The number of aryl methyl sites for hydroxylation is 1. The second-order valence-corrected chi connectivity index (χ2v) is 10.4. The van der Waals surface area contributed by atoms with Crippen LogP contribution in [0.4, 0.5) is 0 Å². The minimum Gasteiger partial charge on any atom is -0.486 e. The molecule has 6 heteroatoms. The molecule has 1 fully saturated rings. The summed E-state index contributed by atoms with van der Waals surface area (Å²) in [5, 5.41) is 2.86. The fourth-order valence-electron chi connectivity index (χ4n) is 4.71. The number of furan rings is 1. The second kappa shape index (κ2) is 10.2. The molecule has 3 aromatic rings. The van der Waals surface area contributed by atoms with Gasteiger partial charge in [-0.2, -0.15) is 0 Å². The number of hydrogen-bond acceptors (Lipinski definition) is 4. The fourth-order valence-corrected chi connectivity index (χ4v) is 4.71. The predicted molar refractivity (Wildman–Crippen MR) is 138 cm³/mol. The molecule has 1 aliphatic heterocycles. The lowest BCUT2D eigenvalue weighted by molar-refractivity contribution is -0.134. The predicted octanol–water partition coefficient (Wildman–Crippen LogP) is 5.44. The maximum atomic E-state index is 13.2. The van der Waals surface area contributed by atoms with Crippen LogP contribution in [-0.2, 0) is 17.8 Å². The average molecular weight is 487 g/mol. The molecule has 0 radical (unpaired) electrons. The third-order valence-electron chi connectivity index (χ3n) is 6.89. The molecule has 0 bridgehead atoms. The van der Waals surface area contributed by atoms with E-state index in [1.54, 1.807) is 12.1 Å². The van der Waals surface area contributed by atoms with Crippen LogP contribution in [0.3, 0.4) is 0 Å². The van der Waals surface area contributed by atoms with E-state index >= 15 is 0 Å². The minimum absolute atomic E-state index is 0.120. The summed E-state index contributed by atoms with van der Waals surface area (Å²) in [6, 6.07) is 17.9. The number of fused-ring (bicyclic) bond motifs is 1. The summed E-state index contributed by atoms with van der Waals surface area (Å²) in [4.78, 5) is 27.5. The number of ether oxygens (including phenoxy) is 1. The van der Waals surface area contributed by atoms with Gasteiger partial charge in [0, 0.05) is 19.0 Å². The summed E-state index contributed by atoms with van der Waals surface area (Å²) < 4.78 is 11.8. The molecular weight excluding hydrogens is 452 g/mol. The monoisotopic (exact) mass is 486 g/mol. The van der Waals surface area contributed by atoms with Crippen molar-refractivity contribution in [3.63, 3.8) is 0 Å². The summed E-state index contributed by atoms with van der Waals surface area (Å²) >= 11 is 0. The Morgan fingerprint density at radius 3 is 2.58 bits per heavy atom. The number of nitrogens with zero attached hydrogens (tertiary/aromatic N) is 1. The standard InChI is InChI=1S/C30H34N2O4/c1-19(2)17-31-29(33)27-13-12-25(36-27)18-35-24-11-10-21-14-15-32(30(34)23-8-9-23)28(26(21)16-24)22-6-4-20(3)5-7-22/h4-7,10-13,16,19,23,28H,8-9,14-15,17-18H2,1-3H3,(H,31,33). The zero-order chi connectivity index (χ0) is 25.2. The van der Waals surface area contributed by atoms with Gasteiger partial charge in [0.2, 0.25) is 5.91 Å². The van der Waals surface area contributed by atoms with Crippen molar-refractivity contribution in [2.45, 2.75) is 52.7 Å². The van der Waals surface area contributed by atoms with Crippen LogP contribution in [0.25, 0.3) is 0 Å². The third-order valence-corrected chi connectivity index (χ3v) is 6.89. The van der Waals surface area contributed by atoms with Crippen molar-refractivity contribution in [3.8, 4) is 5.75 Å². The van der Waals surface area contributed by atoms with Gasteiger partial charge in [0.25, 0.3) is 5.91 Å². The molecule has 1 atom stereocenters. The van der Waals surface area contributed by atoms with Crippen LogP contribution < -0.4 is 10.1 Å². The number of benzene rings is 2. The van der Waals surface area contributed by atoms with Crippen molar-refractivity contribution in [2.75, 3.05) is 13.1 Å². The van der Waals surface area contributed by atoms with Crippen LogP contribution in [0.15, 0.2) is 59.0 Å². The lowest BCUT2D eigenvalue weighted by Crippen LogP contribution is -2.41. The van der Waals surface area contributed by atoms with Crippen molar-refractivity contribution in [2.24, 2.45) is 11.8 Å². The van der Waals surface area contributed by atoms with Gasteiger partial charge in [0.05, 0.1) is 6.04 Å². The fraction of sp³-hybridized carbons (Fsp3) is 0.400. The number of amides is 2. The molecule has 2 heterocycles. The largest absolute Gasteiger partial charge is 0.486 e. The molecule has 6 nitrogen and oxygen atoms in total. The van der Waals surface area contributed by atoms with Gasteiger partial charge in [0.15, 0.2) is 5.76 Å². The maximum Gasteiger partial charge on any atom is 0.287 e. The van der Waals surface area contributed by atoms with Crippen LogP contribution in [0.2, 0.25) is 0 Å². The Kier molecular flexibility index (Phi) is 6.86. The molecule has 188 valence electrons. The van der Waals surface area contributed by atoms with E-state index in [2.05, 4.69) is 53.5 Å². The Hall–Kier alpha value is -3.54. The van der Waals surface area contributed by atoms with Crippen LogP contribution in [0.1, 0.15) is 71.3 Å². The van der Waals surface area contributed by atoms with E-state index in [0.29, 0.717) is 24.0 Å². The van der Waals surface area contributed by atoms with E-state index in [0.717, 1.165) is 36.9 Å². The van der Waals surface area contributed by atoms with Gasteiger partial charge in [0.1, 0.15) is 18.1 Å². The Balaban J connectivity index is 1.35. The number of nitrogens with one attached hydrogen (secondary N) is 1. The van der Waals surface area contributed by atoms with E-state index in [4.69, 9.17) is 9.15 Å². The molecule has 1 N–H and O–H groups in total. The Morgan fingerprint density at radius 1 is 1.08 bits per heavy atom. The lowest BCUT2D eigenvalue weighted by atomic mass is 9.87. The first-order chi connectivity index (χ1) is 17.4. The van der Waals surface area contributed by atoms with Gasteiger partial charge in [-0.05, 0) is 73.1 Å². The Labute approximate surface area is 212 Å². The Morgan fingerprint density at radius 2 is 1.86 bits per heavy atom. The van der Waals surface area contributed by atoms with Crippen LogP contribution in [-0.4, -0.2) is 29.8 Å². The number of carbonyl (C=O) groups excluding carboxylic acids is 2. The molecule has 1 saturated carbocycles. The van der Waals surface area contributed by atoms with Crippen LogP contribution in [0.5, 0.6) is 5.75 Å². The van der Waals surface area contributed by atoms with Gasteiger partial charge in [-0.1, -0.05) is 49.7 Å². The molecule has 5 rings (SSSR count). The van der Waals surface area contributed by atoms with Crippen molar-refractivity contribution in [1.29, 1.82) is 0 Å². The van der Waals surface area contributed by atoms with Gasteiger partial charge in [-0.15, -0.1) is 0 Å². The molecule has 1 aliphatic carbocycles. The summed E-state index contributed by atoms with van der Waals surface area (Å²) in [5.41, 5.74) is 4.68. The molecule has 0 spiro atoms. The van der Waals surface area contributed by atoms with Crippen LogP contribution in [0, 0.1) is 18.8 Å². The first kappa shape index (κ1) is 24.2. The summed E-state index contributed by atoms with van der Waals surface area (Å²) in [6.07, 6.45) is 2.82. The smallest absolute Gasteiger partial charge is 0.287 e. The molecule has 2 aromatic carbocycles. The van der Waals surface area contributed by atoms with Crippen molar-refractivity contribution < 1.29 is 18.7 Å². The maximum absolute atomic E-state index is 13.2. The molecule has 1 aromatic heterocycles. The molecule has 2 aliphatic rings. The topological polar surface area (TPSA) is 71.8 Å². The lowest BCUT2D eigenvalue weighted by Gasteiger charge is -2.38. The Bertz CT molecular complexity index is 1240. The summed E-state index contributed by atoms with van der Waals surface area (Å²) in [5.74, 6) is 2.17. The molecular formula is C30H34N2O4. The number of carbonyl (C=O) groups is 2. The molecule has 0 saturated heterocycles. The van der Waals surface area contributed by atoms with Crippen molar-refractivity contribution >= 4 is 11.8 Å². The highest BCUT2D eigenvalue weighted by atomic mass is 16.5. The van der Waals surface area contributed by atoms with Crippen molar-refractivity contribution in [1.82, 2.24) is 10.2 Å². The first-order valence-corrected chi connectivity index (χ1v) is 12.9. The van der Waals surface area contributed by atoms with E-state index in [-0.39, 0.29) is 36.1 Å². The van der Waals surface area contributed by atoms with Gasteiger partial charge in [-0.25, -0.2) is 0 Å². The minimum atomic E-state index is -0.218. The van der Waals surface area contributed by atoms with Gasteiger partial charge < -0.3 is 19.4 Å². The number of hydrogen-bond donors (Lipinski definition) is 1. The van der Waals surface area contributed by atoms with E-state index < -0.39 is 0 Å². The summed E-state index contributed by atoms with van der Waals surface area (Å²) in [7, 11) is 0. The highest BCUT2D eigenvalue weighted by Crippen LogP contribution is 2.41. The van der Waals surface area contributed by atoms with E-state index in [9.17, 15) is 9.59 Å². The van der Waals surface area contributed by atoms with Crippen LogP contribution >= 0.6 is 0 Å². The highest BCUT2D eigenvalue weighted by Gasteiger charge is 2.39. The zero-order valence-electron chi connectivity index (χ0n) is 21.3. The normalized spacial score (nSPS) is 17.1. The SMILES string of the molecule is Cc1ccc(C2c3cc(OCc4ccc(C(=O)NCC(C)C)o4)ccc3CCN2C(=O)C2CC2)cc1. The third kappa shape index (κ3) is 5.32. The van der Waals surface area contributed by atoms with Crippen molar-refractivity contribution in [3.05, 3.63) is 88.4 Å². The van der Waals surface area contributed by atoms with E-state index in [1.165, 1.54) is 11.1 Å². The first-order valence-electron chi connectivity index (χ1n) is 12.9. The quantitative estimate of drug-likeness (QED) is 0.460. The summed E-state index contributed by atoms with van der Waals surface area (Å²) in [6.45, 7) is 7.72. The average Bonchev–Trinajstić information content (AvgIpc) is 3.62. The van der Waals surface area contributed by atoms with E-state index in [1.807, 2.05) is 19.9 Å². The molecule has 36 heavy (non-hydrogen) atoms.